The fourth-order valence-corrected chi connectivity index (χ4v) is 2.11. The summed E-state index contributed by atoms with van der Waals surface area (Å²) in [6.07, 6.45) is 1.57. The number of carbonyl (C=O) groups is 2. The predicted octanol–water partition coefficient (Wildman–Crippen LogP) is 2.94. The molecule has 0 fully saturated rings. The first-order valence-corrected chi connectivity index (χ1v) is 7.19. The second-order valence-electron chi connectivity index (χ2n) is 4.26. The Morgan fingerprint density at radius 2 is 1.84 bits per heavy atom. The van der Waals surface area contributed by atoms with Gasteiger partial charge < -0.3 is 10.6 Å². The molecule has 19 heavy (non-hydrogen) atoms. The maximum atomic E-state index is 11.7. The van der Waals surface area contributed by atoms with E-state index in [4.69, 9.17) is 0 Å². The lowest BCUT2D eigenvalue weighted by Crippen LogP contribution is -2.36. The highest BCUT2D eigenvalue weighted by Gasteiger charge is 2.14. The van der Waals surface area contributed by atoms with E-state index >= 15 is 0 Å². The van der Waals surface area contributed by atoms with Crippen LogP contribution in [0.4, 0.5) is 5.69 Å². The maximum absolute atomic E-state index is 11.7. The molecule has 0 saturated carbocycles. The molecule has 2 N–H and O–H groups in total. The molecule has 0 bridgehead atoms. The molecule has 1 aromatic rings. The number of rotatable bonds is 6. The van der Waals surface area contributed by atoms with Gasteiger partial charge in [-0.1, -0.05) is 26.0 Å². The first-order chi connectivity index (χ1) is 9.08. The number of hydrogen-bond donors (Lipinski definition) is 2. The summed E-state index contributed by atoms with van der Waals surface area (Å²) in [5, 5.41) is 5.40. The van der Waals surface area contributed by atoms with Gasteiger partial charge in [0.05, 0.1) is 12.2 Å². The van der Waals surface area contributed by atoms with Gasteiger partial charge >= 0.3 is 0 Å². The lowest BCUT2D eigenvalue weighted by molar-refractivity contribution is -0.127. The SMILES string of the molecule is CCC(CC)C(=O)NCC(=O)Nc1ccccc1Br. The van der Waals surface area contributed by atoms with Gasteiger partial charge in [0.2, 0.25) is 11.8 Å². The molecule has 1 aromatic carbocycles. The van der Waals surface area contributed by atoms with Crippen molar-refractivity contribution >= 4 is 33.4 Å². The molecule has 0 aromatic heterocycles. The molecule has 0 aliphatic rings. The van der Waals surface area contributed by atoms with E-state index in [0.29, 0.717) is 5.69 Å². The van der Waals surface area contributed by atoms with E-state index in [2.05, 4.69) is 26.6 Å². The lowest BCUT2D eigenvalue weighted by Gasteiger charge is -2.13. The number of anilines is 1. The molecule has 0 aliphatic heterocycles. The minimum absolute atomic E-state index is 0.00331. The summed E-state index contributed by atoms with van der Waals surface area (Å²) in [6.45, 7) is 3.93. The first kappa shape index (κ1) is 15.7. The Morgan fingerprint density at radius 3 is 2.42 bits per heavy atom. The van der Waals surface area contributed by atoms with Crippen LogP contribution in [0, 0.1) is 5.92 Å². The molecular weight excluding hydrogens is 308 g/mol. The normalized spacial score (nSPS) is 10.3. The van der Waals surface area contributed by atoms with Crippen molar-refractivity contribution in [3.05, 3.63) is 28.7 Å². The third-order valence-electron chi connectivity index (χ3n) is 2.93. The standard InChI is InChI=1S/C14H19BrN2O2/c1-3-10(4-2)14(19)16-9-13(18)17-12-8-6-5-7-11(12)15/h5-8,10H,3-4,9H2,1-2H3,(H,16,19)(H,17,18). The van der Waals surface area contributed by atoms with Crippen molar-refractivity contribution in [1.82, 2.24) is 5.32 Å². The second kappa shape index (κ2) is 7.94. The van der Waals surface area contributed by atoms with Crippen LogP contribution in [0.1, 0.15) is 26.7 Å². The van der Waals surface area contributed by atoms with Crippen LogP contribution in [0.2, 0.25) is 0 Å². The van der Waals surface area contributed by atoms with E-state index < -0.39 is 0 Å². The molecule has 0 saturated heterocycles. The number of benzene rings is 1. The van der Waals surface area contributed by atoms with Crippen molar-refractivity contribution in [2.24, 2.45) is 5.92 Å². The van der Waals surface area contributed by atoms with Crippen LogP contribution in [0.3, 0.4) is 0 Å². The van der Waals surface area contributed by atoms with Crippen molar-refractivity contribution in [3.63, 3.8) is 0 Å². The zero-order valence-electron chi connectivity index (χ0n) is 11.2. The van der Waals surface area contributed by atoms with E-state index in [1.807, 2.05) is 32.0 Å². The van der Waals surface area contributed by atoms with Crippen molar-refractivity contribution in [2.45, 2.75) is 26.7 Å². The van der Waals surface area contributed by atoms with Crippen LogP contribution < -0.4 is 10.6 Å². The molecule has 0 spiro atoms. The Hall–Kier alpha value is -1.36. The lowest BCUT2D eigenvalue weighted by atomic mass is 10.0. The van der Waals surface area contributed by atoms with E-state index in [1.54, 1.807) is 6.07 Å². The van der Waals surface area contributed by atoms with Gasteiger partial charge in [0.1, 0.15) is 0 Å². The highest BCUT2D eigenvalue weighted by Crippen LogP contribution is 2.20. The summed E-state index contributed by atoms with van der Waals surface area (Å²) >= 11 is 3.35. The quantitative estimate of drug-likeness (QED) is 0.844. The van der Waals surface area contributed by atoms with Crippen LogP contribution in [0.5, 0.6) is 0 Å². The highest BCUT2D eigenvalue weighted by molar-refractivity contribution is 9.10. The van der Waals surface area contributed by atoms with Crippen LogP contribution in [0.15, 0.2) is 28.7 Å². The van der Waals surface area contributed by atoms with Crippen molar-refractivity contribution in [3.8, 4) is 0 Å². The fourth-order valence-electron chi connectivity index (χ4n) is 1.73. The molecule has 0 atom stereocenters. The summed E-state index contributed by atoms with van der Waals surface area (Å²) in [5.41, 5.74) is 0.698. The number of nitrogens with one attached hydrogen (secondary N) is 2. The maximum Gasteiger partial charge on any atom is 0.243 e. The Labute approximate surface area is 122 Å². The van der Waals surface area contributed by atoms with Crippen molar-refractivity contribution < 1.29 is 9.59 Å². The average Bonchev–Trinajstić information content (AvgIpc) is 2.40. The Kier molecular flexibility index (Phi) is 6.56. The van der Waals surface area contributed by atoms with Crippen LogP contribution in [0.25, 0.3) is 0 Å². The second-order valence-corrected chi connectivity index (χ2v) is 5.11. The predicted molar refractivity (Wildman–Crippen MR) is 79.9 cm³/mol. The zero-order valence-corrected chi connectivity index (χ0v) is 12.8. The largest absolute Gasteiger partial charge is 0.347 e. The summed E-state index contributed by atoms with van der Waals surface area (Å²) in [7, 11) is 0. The fraction of sp³-hybridized carbons (Fsp3) is 0.429. The third kappa shape index (κ3) is 5.03. The molecule has 0 aliphatic carbocycles. The van der Waals surface area contributed by atoms with Gasteiger partial charge in [-0.2, -0.15) is 0 Å². The van der Waals surface area contributed by atoms with Crippen LogP contribution >= 0.6 is 15.9 Å². The number of para-hydroxylation sites is 1. The van der Waals surface area contributed by atoms with Gasteiger partial charge in [-0.15, -0.1) is 0 Å². The Balaban J connectivity index is 2.44. The molecule has 0 unspecified atom stereocenters. The first-order valence-electron chi connectivity index (χ1n) is 6.40. The van der Waals surface area contributed by atoms with Gasteiger partial charge in [-0.25, -0.2) is 0 Å². The third-order valence-corrected chi connectivity index (χ3v) is 3.62. The smallest absolute Gasteiger partial charge is 0.243 e. The van der Waals surface area contributed by atoms with Crippen LogP contribution in [-0.4, -0.2) is 18.4 Å². The molecule has 2 amide bonds. The zero-order chi connectivity index (χ0) is 14.3. The monoisotopic (exact) mass is 326 g/mol. The summed E-state index contributed by atoms with van der Waals surface area (Å²) in [4.78, 5) is 23.5. The highest BCUT2D eigenvalue weighted by atomic mass is 79.9. The van der Waals surface area contributed by atoms with E-state index in [-0.39, 0.29) is 24.3 Å². The molecule has 0 heterocycles. The Bertz CT molecular complexity index is 445. The van der Waals surface area contributed by atoms with Crippen molar-refractivity contribution in [1.29, 1.82) is 0 Å². The van der Waals surface area contributed by atoms with Gasteiger partial charge in [0.15, 0.2) is 0 Å². The van der Waals surface area contributed by atoms with Gasteiger partial charge in [0.25, 0.3) is 0 Å². The summed E-state index contributed by atoms with van der Waals surface area (Å²) < 4.78 is 0.815. The minimum atomic E-state index is -0.230. The number of carbonyl (C=O) groups excluding carboxylic acids is 2. The molecule has 104 valence electrons. The number of hydrogen-bond acceptors (Lipinski definition) is 2. The van der Waals surface area contributed by atoms with Gasteiger partial charge in [0, 0.05) is 10.4 Å². The molecule has 1 rings (SSSR count). The van der Waals surface area contributed by atoms with Crippen molar-refractivity contribution in [2.75, 3.05) is 11.9 Å². The minimum Gasteiger partial charge on any atom is -0.347 e. The van der Waals surface area contributed by atoms with E-state index in [9.17, 15) is 9.59 Å². The molecule has 4 nitrogen and oxygen atoms in total. The van der Waals surface area contributed by atoms with Gasteiger partial charge in [-0.3, -0.25) is 9.59 Å². The van der Waals surface area contributed by atoms with E-state index in [0.717, 1.165) is 17.3 Å². The van der Waals surface area contributed by atoms with Gasteiger partial charge in [-0.05, 0) is 40.9 Å². The summed E-state index contributed by atoms with van der Waals surface area (Å²) in [5.74, 6) is -0.310. The van der Waals surface area contributed by atoms with Crippen LogP contribution in [-0.2, 0) is 9.59 Å². The molecule has 5 heteroatoms. The molecule has 0 radical (unpaired) electrons. The number of amides is 2. The average molecular weight is 327 g/mol. The number of halogens is 1. The Morgan fingerprint density at radius 1 is 1.21 bits per heavy atom. The topological polar surface area (TPSA) is 58.2 Å². The summed E-state index contributed by atoms with van der Waals surface area (Å²) in [6, 6.07) is 7.35. The molecular formula is C14H19BrN2O2. The van der Waals surface area contributed by atoms with E-state index in [1.165, 1.54) is 0 Å².